The maximum atomic E-state index is 13.9. The van der Waals surface area contributed by atoms with E-state index in [1.54, 1.807) is 0 Å². The Bertz CT molecular complexity index is 560. The lowest BCUT2D eigenvalue weighted by molar-refractivity contribution is -0.143. The summed E-state index contributed by atoms with van der Waals surface area (Å²) in [5.41, 5.74) is -0.419. The number of halogens is 2. The molecule has 20 heavy (non-hydrogen) atoms. The second-order valence-electron chi connectivity index (χ2n) is 4.98. The number of aryl methyl sites for hydroxylation is 1. The van der Waals surface area contributed by atoms with Crippen molar-refractivity contribution < 1.29 is 23.5 Å². The van der Waals surface area contributed by atoms with Gasteiger partial charge >= 0.3 is 5.97 Å². The van der Waals surface area contributed by atoms with Crippen molar-refractivity contribution >= 4 is 11.9 Å². The van der Waals surface area contributed by atoms with Crippen molar-refractivity contribution in [3.63, 3.8) is 0 Å². The number of hydrogen-bond donors (Lipinski definition) is 1. The lowest BCUT2D eigenvalue weighted by Gasteiger charge is -2.31. The Hall–Kier alpha value is -1.98. The minimum atomic E-state index is -0.993. The second-order valence-corrected chi connectivity index (χ2v) is 4.98. The Kier molecular flexibility index (Phi) is 4.01. The number of aliphatic carboxylic acids is 1. The number of likely N-dealkylation sites (tertiary alicyclic amines) is 1. The van der Waals surface area contributed by atoms with Crippen molar-refractivity contribution in [1.82, 2.24) is 4.90 Å². The molecule has 1 amide bonds. The van der Waals surface area contributed by atoms with Crippen LogP contribution in [0.4, 0.5) is 8.78 Å². The number of nitrogens with zero attached hydrogens (tertiary/aromatic N) is 1. The molecular formula is C14H15F2NO3. The van der Waals surface area contributed by atoms with Crippen molar-refractivity contribution in [2.24, 2.45) is 5.92 Å². The second kappa shape index (κ2) is 5.56. The van der Waals surface area contributed by atoms with E-state index in [4.69, 9.17) is 5.11 Å². The van der Waals surface area contributed by atoms with Gasteiger partial charge in [-0.3, -0.25) is 9.59 Å². The van der Waals surface area contributed by atoms with Gasteiger partial charge in [-0.15, -0.1) is 0 Å². The third-order valence-corrected chi connectivity index (χ3v) is 3.56. The molecule has 0 spiro atoms. The molecule has 1 heterocycles. The fourth-order valence-corrected chi connectivity index (χ4v) is 2.37. The van der Waals surface area contributed by atoms with Gasteiger partial charge in [0.25, 0.3) is 5.91 Å². The van der Waals surface area contributed by atoms with Crippen molar-refractivity contribution in [3.05, 3.63) is 34.9 Å². The summed E-state index contributed by atoms with van der Waals surface area (Å²) in [6.07, 6.45) is 0.982. The highest BCUT2D eigenvalue weighted by Gasteiger charge is 2.31. The molecule has 1 aromatic carbocycles. The van der Waals surface area contributed by atoms with Crippen LogP contribution in [0, 0.1) is 24.5 Å². The maximum Gasteiger partial charge on any atom is 0.308 e. The first-order valence-electron chi connectivity index (χ1n) is 6.38. The molecule has 1 fully saturated rings. The lowest BCUT2D eigenvalue weighted by Crippen LogP contribution is -2.43. The third kappa shape index (κ3) is 2.64. The predicted molar refractivity (Wildman–Crippen MR) is 67.4 cm³/mol. The van der Waals surface area contributed by atoms with Crippen molar-refractivity contribution in [2.75, 3.05) is 13.1 Å². The number of amides is 1. The van der Waals surface area contributed by atoms with Crippen LogP contribution in [-0.4, -0.2) is 35.0 Å². The van der Waals surface area contributed by atoms with E-state index in [0.717, 1.165) is 6.07 Å². The van der Waals surface area contributed by atoms with Gasteiger partial charge in [-0.1, -0.05) is 6.07 Å². The van der Waals surface area contributed by atoms with Crippen molar-refractivity contribution in [3.8, 4) is 0 Å². The summed E-state index contributed by atoms with van der Waals surface area (Å²) in [6.45, 7) is 1.75. The van der Waals surface area contributed by atoms with E-state index in [2.05, 4.69) is 0 Å². The van der Waals surface area contributed by atoms with Gasteiger partial charge in [0.05, 0.1) is 5.92 Å². The van der Waals surface area contributed by atoms with Gasteiger partial charge in [-0.05, 0) is 31.4 Å². The van der Waals surface area contributed by atoms with Gasteiger partial charge in [-0.2, -0.15) is 0 Å². The molecule has 4 nitrogen and oxygen atoms in total. The van der Waals surface area contributed by atoms with Crippen LogP contribution < -0.4 is 0 Å². The number of rotatable bonds is 2. The number of carbonyl (C=O) groups is 2. The van der Waals surface area contributed by atoms with E-state index in [-0.39, 0.29) is 12.1 Å². The molecule has 2 rings (SSSR count). The van der Waals surface area contributed by atoms with E-state index < -0.39 is 35.0 Å². The van der Waals surface area contributed by atoms with Crippen LogP contribution in [-0.2, 0) is 4.79 Å². The first kappa shape index (κ1) is 14.4. The largest absolute Gasteiger partial charge is 0.481 e. The summed E-state index contributed by atoms with van der Waals surface area (Å²) in [7, 11) is 0. The van der Waals surface area contributed by atoms with Crippen LogP contribution in [0.5, 0.6) is 0 Å². The highest BCUT2D eigenvalue weighted by molar-refractivity contribution is 5.95. The summed E-state index contributed by atoms with van der Waals surface area (Å²) in [6, 6.07) is 2.31. The molecule has 6 heteroatoms. The van der Waals surface area contributed by atoms with Crippen LogP contribution in [0.3, 0.4) is 0 Å². The Balaban J connectivity index is 2.28. The molecule has 1 N–H and O–H groups in total. The van der Waals surface area contributed by atoms with Gasteiger partial charge in [0.2, 0.25) is 0 Å². The van der Waals surface area contributed by atoms with E-state index >= 15 is 0 Å². The average molecular weight is 283 g/mol. The fraction of sp³-hybridized carbons (Fsp3) is 0.429. The number of carboxylic acid groups (broad SMARTS) is 1. The minimum absolute atomic E-state index is 0.0129. The monoisotopic (exact) mass is 283 g/mol. The topological polar surface area (TPSA) is 57.6 Å². The molecule has 1 aliphatic heterocycles. The summed E-state index contributed by atoms with van der Waals surface area (Å²) >= 11 is 0. The molecule has 0 aromatic heterocycles. The summed E-state index contributed by atoms with van der Waals surface area (Å²) < 4.78 is 27.6. The van der Waals surface area contributed by atoms with Crippen LogP contribution in [0.2, 0.25) is 0 Å². The van der Waals surface area contributed by atoms with Gasteiger partial charge in [0, 0.05) is 13.1 Å². The van der Waals surface area contributed by atoms with Gasteiger partial charge in [0.15, 0.2) is 0 Å². The molecule has 1 aliphatic rings. The average Bonchev–Trinajstić information content (AvgIpc) is 2.43. The van der Waals surface area contributed by atoms with Crippen molar-refractivity contribution in [1.29, 1.82) is 0 Å². The number of carbonyl (C=O) groups excluding carboxylic acids is 1. The Morgan fingerprint density at radius 1 is 1.35 bits per heavy atom. The zero-order valence-electron chi connectivity index (χ0n) is 11.0. The maximum absolute atomic E-state index is 13.9. The smallest absolute Gasteiger partial charge is 0.308 e. The Morgan fingerprint density at radius 3 is 2.70 bits per heavy atom. The van der Waals surface area contributed by atoms with Crippen LogP contribution in [0.25, 0.3) is 0 Å². The van der Waals surface area contributed by atoms with Gasteiger partial charge in [-0.25, -0.2) is 8.78 Å². The van der Waals surface area contributed by atoms with Gasteiger partial charge < -0.3 is 10.0 Å². The zero-order chi connectivity index (χ0) is 14.9. The number of piperidine rings is 1. The SMILES string of the molecule is Cc1ccc(F)c(C(=O)N2CCC[C@H](C(=O)O)C2)c1F. The molecule has 1 atom stereocenters. The molecule has 1 saturated heterocycles. The summed E-state index contributed by atoms with van der Waals surface area (Å²) in [4.78, 5) is 24.4. The zero-order valence-corrected chi connectivity index (χ0v) is 11.0. The molecule has 0 saturated carbocycles. The molecule has 108 valence electrons. The molecule has 1 aromatic rings. The molecule has 0 bridgehead atoms. The van der Waals surface area contributed by atoms with Crippen LogP contribution in [0.1, 0.15) is 28.8 Å². The number of hydrogen-bond acceptors (Lipinski definition) is 2. The number of carboxylic acids is 1. The Morgan fingerprint density at radius 2 is 2.05 bits per heavy atom. The highest BCUT2D eigenvalue weighted by atomic mass is 19.1. The van der Waals surface area contributed by atoms with Crippen LogP contribution >= 0.6 is 0 Å². The first-order valence-corrected chi connectivity index (χ1v) is 6.38. The van der Waals surface area contributed by atoms with E-state index in [0.29, 0.717) is 19.4 Å². The van der Waals surface area contributed by atoms with Gasteiger partial charge in [0.1, 0.15) is 17.2 Å². The van der Waals surface area contributed by atoms with E-state index in [1.807, 2.05) is 0 Å². The quantitative estimate of drug-likeness (QED) is 0.905. The summed E-state index contributed by atoms with van der Waals surface area (Å²) in [5.74, 6) is -4.26. The fourth-order valence-electron chi connectivity index (χ4n) is 2.37. The van der Waals surface area contributed by atoms with Crippen LogP contribution in [0.15, 0.2) is 12.1 Å². The summed E-state index contributed by atoms with van der Waals surface area (Å²) in [5, 5.41) is 8.98. The lowest BCUT2D eigenvalue weighted by atomic mass is 9.97. The normalized spacial score (nSPS) is 18.9. The molecule has 0 aliphatic carbocycles. The molecule has 0 unspecified atom stereocenters. The molecular weight excluding hydrogens is 268 g/mol. The van der Waals surface area contributed by atoms with E-state index in [1.165, 1.54) is 17.9 Å². The van der Waals surface area contributed by atoms with Crippen molar-refractivity contribution in [2.45, 2.75) is 19.8 Å². The number of benzene rings is 1. The highest BCUT2D eigenvalue weighted by Crippen LogP contribution is 2.22. The first-order chi connectivity index (χ1) is 9.41. The predicted octanol–water partition coefficient (Wildman–Crippen LogP) is 2.21. The standard InChI is InChI=1S/C14H15F2NO3/c1-8-4-5-10(15)11(12(8)16)13(18)17-6-2-3-9(7-17)14(19)20/h4-5,9H,2-3,6-7H2,1H3,(H,19,20)/t9-/m0/s1. The third-order valence-electron chi connectivity index (χ3n) is 3.56. The Labute approximate surface area is 115 Å². The molecule has 0 radical (unpaired) electrons. The van der Waals surface area contributed by atoms with E-state index in [9.17, 15) is 18.4 Å². The minimum Gasteiger partial charge on any atom is -0.481 e.